The van der Waals surface area contributed by atoms with Gasteiger partial charge in [0.1, 0.15) is 12.4 Å². The molecule has 0 radical (unpaired) electrons. The van der Waals surface area contributed by atoms with Crippen LogP contribution in [0.15, 0.2) is 24.3 Å². The maximum Gasteiger partial charge on any atom is 0.227 e. The Hall–Kier alpha value is -2.63. The monoisotopic (exact) mass is 327 g/mol. The Morgan fingerprint density at radius 3 is 2.79 bits per heavy atom. The first-order valence-electron chi connectivity index (χ1n) is 7.94. The number of nitrogens with one attached hydrogen (secondary N) is 1. The minimum Gasteiger partial charge on any atom is -0.493 e. The standard InChI is InChI=1S/C18H21N3O3/c1-11-7-12(2)21-16(20-11)9-19-18(22)14-8-13-5-4-6-15(23-3)17(13)24-10-14/h4-7,14H,8-10H2,1-3H3,(H,19,22)/t14-/m0/s1. The molecule has 3 rings (SSSR count). The van der Waals surface area contributed by atoms with Crippen molar-refractivity contribution in [3.63, 3.8) is 0 Å². The van der Waals surface area contributed by atoms with E-state index in [-0.39, 0.29) is 11.8 Å². The lowest BCUT2D eigenvalue weighted by Crippen LogP contribution is -2.37. The first kappa shape index (κ1) is 16.2. The van der Waals surface area contributed by atoms with Gasteiger partial charge < -0.3 is 14.8 Å². The number of hydrogen-bond donors (Lipinski definition) is 1. The van der Waals surface area contributed by atoms with Gasteiger partial charge in [-0.25, -0.2) is 9.97 Å². The molecule has 0 bridgehead atoms. The second kappa shape index (κ2) is 6.86. The first-order valence-corrected chi connectivity index (χ1v) is 7.94. The highest BCUT2D eigenvalue weighted by Gasteiger charge is 2.27. The molecule has 0 unspecified atom stereocenters. The topological polar surface area (TPSA) is 73.3 Å². The Labute approximate surface area is 141 Å². The number of aryl methyl sites for hydroxylation is 2. The Morgan fingerprint density at radius 1 is 1.33 bits per heavy atom. The van der Waals surface area contributed by atoms with E-state index in [1.165, 1.54) is 0 Å². The largest absolute Gasteiger partial charge is 0.493 e. The number of para-hydroxylation sites is 1. The Morgan fingerprint density at radius 2 is 2.08 bits per heavy atom. The Balaban J connectivity index is 1.64. The van der Waals surface area contributed by atoms with Crippen molar-refractivity contribution in [2.24, 2.45) is 5.92 Å². The van der Waals surface area contributed by atoms with E-state index in [1.807, 2.05) is 38.1 Å². The molecule has 1 aliphatic rings. The SMILES string of the molecule is COc1cccc2c1OC[C@@H](C(=O)NCc1nc(C)cc(C)n1)C2. The summed E-state index contributed by atoms with van der Waals surface area (Å²) in [7, 11) is 1.61. The summed E-state index contributed by atoms with van der Waals surface area (Å²) in [6.45, 7) is 4.49. The third kappa shape index (κ3) is 3.48. The second-order valence-electron chi connectivity index (χ2n) is 5.95. The smallest absolute Gasteiger partial charge is 0.227 e. The summed E-state index contributed by atoms with van der Waals surface area (Å²) in [6.07, 6.45) is 0.631. The van der Waals surface area contributed by atoms with Crippen molar-refractivity contribution in [3.05, 3.63) is 47.0 Å². The second-order valence-corrected chi connectivity index (χ2v) is 5.95. The molecule has 0 aliphatic carbocycles. The number of ether oxygens (including phenoxy) is 2. The molecule has 2 heterocycles. The number of amides is 1. The van der Waals surface area contributed by atoms with Crippen LogP contribution in [-0.2, 0) is 17.8 Å². The van der Waals surface area contributed by atoms with Gasteiger partial charge in [-0.3, -0.25) is 4.79 Å². The highest BCUT2D eigenvalue weighted by atomic mass is 16.5. The van der Waals surface area contributed by atoms with E-state index in [0.717, 1.165) is 22.7 Å². The summed E-state index contributed by atoms with van der Waals surface area (Å²) < 4.78 is 11.0. The van der Waals surface area contributed by atoms with Crippen LogP contribution >= 0.6 is 0 Å². The van der Waals surface area contributed by atoms with Gasteiger partial charge in [0.25, 0.3) is 0 Å². The summed E-state index contributed by atoms with van der Waals surface area (Å²) >= 11 is 0. The van der Waals surface area contributed by atoms with Gasteiger partial charge in [-0.2, -0.15) is 0 Å². The number of hydrogen-bond acceptors (Lipinski definition) is 5. The maximum absolute atomic E-state index is 12.4. The van der Waals surface area contributed by atoms with Crippen LogP contribution in [-0.4, -0.2) is 29.6 Å². The average Bonchev–Trinajstić information content (AvgIpc) is 2.57. The summed E-state index contributed by atoms with van der Waals surface area (Å²) in [6, 6.07) is 7.64. The van der Waals surface area contributed by atoms with Crippen molar-refractivity contribution in [3.8, 4) is 11.5 Å². The average molecular weight is 327 g/mol. The number of carbonyl (C=O) groups excluding carboxylic acids is 1. The lowest BCUT2D eigenvalue weighted by Gasteiger charge is -2.25. The molecule has 1 aromatic heterocycles. The summed E-state index contributed by atoms with van der Waals surface area (Å²) in [4.78, 5) is 21.1. The highest BCUT2D eigenvalue weighted by molar-refractivity contribution is 5.79. The zero-order valence-corrected chi connectivity index (χ0v) is 14.1. The Bertz CT molecular complexity index is 741. The molecule has 0 fully saturated rings. The van der Waals surface area contributed by atoms with E-state index >= 15 is 0 Å². The number of rotatable bonds is 4. The fourth-order valence-corrected chi connectivity index (χ4v) is 2.91. The van der Waals surface area contributed by atoms with Gasteiger partial charge in [-0.1, -0.05) is 12.1 Å². The predicted molar refractivity (Wildman–Crippen MR) is 89.0 cm³/mol. The zero-order chi connectivity index (χ0) is 17.1. The third-order valence-electron chi connectivity index (χ3n) is 4.00. The van der Waals surface area contributed by atoms with E-state index in [1.54, 1.807) is 7.11 Å². The van der Waals surface area contributed by atoms with Crippen molar-refractivity contribution in [2.45, 2.75) is 26.8 Å². The lowest BCUT2D eigenvalue weighted by molar-refractivity contribution is -0.126. The first-order chi connectivity index (χ1) is 11.6. The van der Waals surface area contributed by atoms with Crippen molar-refractivity contribution in [1.29, 1.82) is 0 Å². The molecule has 0 saturated heterocycles. The fourth-order valence-electron chi connectivity index (χ4n) is 2.91. The van der Waals surface area contributed by atoms with Crippen LogP contribution in [0, 0.1) is 19.8 Å². The van der Waals surface area contributed by atoms with Crippen LogP contribution in [0.4, 0.5) is 0 Å². The van der Waals surface area contributed by atoms with Crippen molar-refractivity contribution in [2.75, 3.05) is 13.7 Å². The molecule has 1 amide bonds. The van der Waals surface area contributed by atoms with E-state index in [2.05, 4.69) is 15.3 Å². The van der Waals surface area contributed by atoms with Crippen LogP contribution < -0.4 is 14.8 Å². The molecule has 6 heteroatoms. The molecule has 126 valence electrons. The number of aromatic nitrogens is 2. The summed E-state index contributed by atoms with van der Waals surface area (Å²) in [5, 5.41) is 2.91. The molecule has 24 heavy (non-hydrogen) atoms. The highest BCUT2D eigenvalue weighted by Crippen LogP contribution is 2.35. The van der Waals surface area contributed by atoms with E-state index in [9.17, 15) is 4.79 Å². The van der Waals surface area contributed by atoms with Crippen molar-refractivity contribution >= 4 is 5.91 Å². The number of fused-ring (bicyclic) bond motifs is 1. The van der Waals surface area contributed by atoms with Crippen LogP contribution in [0.3, 0.4) is 0 Å². The minimum absolute atomic E-state index is 0.0498. The summed E-state index contributed by atoms with van der Waals surface area (Å²) in [5.41, 5.74) is 2.78. The van der Waals surface area contributed by atoms with Gasteiger partial charge in [0, 0.05) is 11.4 Å². The zero-order valence-electron chi connectivity index (χ0n) is 14.1. The molecule has 6 nitrogen and oxygen atoms in total. The molecule has 1 N–H and O–H groups in total. The van der Waals surface area contributed by atoms with E-state index in [0.29, 0.717) is 31.1 Å². The van der Waals surface area contributed by atoms with Crippen LogP contribution in [0.2, 0.25) is 0 Å². The molecule has 1 aromatic carbocycles. The molecular weight excluding hydrogens is 306 g/mol. The van der Waals surface area contributed by atoms with E-state index < -0.39 is 0 Å². The molecule has 0 spiro atoms. The number of methoxy groups -OCH3 is 1. The van der Waals surface area contributed by atoms with Crippen molar-refractivity contribution in [1.82, 2.24) is 15.3 Å². The maximum atomic E-state index is 12.4. The van der Waals surface area contributed by atoms with Crippen LogP contribution in [0.5, 0.6) is 11.5 Å². The minimum atomic E-state index is -0.226. The third-order valence-corrected chi connectivity index (χ3v) is 4.00. The fraction of sp³-hybridized carbons (Fsp3) is 0.389. The van der Waals surface area contributed by atoms with Gasteiger partial charge in [0.05, 0.1) is 19.6 Å². The van der Waals surface area contributed by atoms with Crippen LogP contribution in [0.25, 0.3) is 0 Å². The van der Waals surface area contributed by atoms with Gasteiger partial charge in [-0.15, -0.1) is 0 Å². The molecule has 2 aromatic rings. The lowest BCUT2D eigenvalue weighted by atomic mass is 9.95. The number of benzene rings is 1. The summed E-state index contributed by atoms with van der Waals surface area (Å²) in [5.74, 6) is 1.79. The normalized spacial score (nSPS) is 16.0. The van der Waals surface area contributed by atoms with Gasteiger partial charge >= 0.3 is 0 Å². The predicted octanol–water partition coefficient (Wildman–Crippen LogP) is 1.97. The molecular formula is C18H21N3O3. The van der Waals surface area contributed by atoms with Gasteiger partial charge in [0.2, 0.25) is 5.91 Å². The van der Waals surface area contributed by atoms with Crippen molar-refractivity contribution < 1.29 is 14.3 Å². The van der Waals surface area contributed by atoms with E-state index in [4.69, 9.17) is 9.47 Å². The van der Waals surface area contributed by atoms with Gasteiger partial charge in [-0.05, 0) is 38.0 Å². The van der Waals surface area contributed by atoms with Crippen LogP contribution in [0.1, 0.15) is 22.8 Å². The number of carbonyl (C=O) groups is 1. The molecule has 0 saturated carbocycles. The van der Waals surface area contributed by atoms with Gasteiger partial charge in [0.15, 0.2) is 11.5 Å². The molecule has 1 aliphatic heterocycles. The number of nitrogens with zero attached hydrogens (tertiary/aromatic N) is 2. The molecule has 1 atom stereocenters. The quantitative estimate of drug-likeness (QED) is 0.929. The Kier molecular flexibility index (Phi) is 4.64.